The fraction of sp³-hybridized carbons (Fsp3) is 0.429. The van der Waals surface area contributed by atoms with Crippen LogP contribution in [0.3, 0.4) is 0 Å². The van der Waals surface area contributed by atoms with E-state index >= 15 is 0 Å². The van der Waals surface area contributed by atoms with Crippen LogP contribution in [0, 0.1) is 31.1 Å². The molecule has 1 aliphatic carbocycles. The standard InChI is InChI=1S/C13H12Cl2N2OS.CH4O.H2O.U/c14-8-5-6-10(11(15)7-8)12-16-17-13(18-12)19-9-3-1-2-4-9;1-2;;/h5-7,9H,1-4H2;2H,1H3;1H2;. The fourth-order valence-electron chi connectivity index (χ4n) is 2.18. The summed E-state index contributed by atoms with van der Waals surface area (Å²) in [6, 6.07) is 5.23. The minimum absolute atomic E-state index is 0. The van der Waals surface area contributed by atoms with E-state index in [9.17, 15) is 0 Å². The molecule has 1 aromatic carbocycles. The van der Waals surface area contributed by atoms with E-state index in [-0.39, 0.29) is 36.6 Å². The van der Waals surface area contributed by atoms with Crippen LogP contribution in [-0.2, 0) is 0 Å². The zero-order valence-corrected chi connectivity index (χ0v) is 19.0. The first-order chi connectivity index (χ1) is 10.2. The van der Waals surface area contributed by atoms with E-state index in [1.165, 1.54) is 25.7 Å². The maximum Gasteiger partial charge on any atom is 0.277 e. The zero-order valence-electron chi connectivity index (χ0n) is 12.6. The molecule has 0 saturated heterocycles. The van der Waals surface area contributed by atoms with Gasteiger partial charge in [-0.1, -0.05) is 47.8 Å². The number of thioether (sulfide) groups is 1. The predicted molar refractivity (Wildman–Crippen MR) is 89.6 cm³/mol. The Morgan fingerprint density at radius 1 is 1.17 bits per heavy atom. The van der Waals surface area contributed by atoms with E-state index in [1.54, 1.807) is 30.0 Å². The van der Waals surface area contributed by atoms with E-state index in [0.717, 1.165) is 12.7 Å². The maximum absolute atomic E-state index is 7.00. The summed E-state index contributed by atoms with van der Waals surface area (Å²) in [4.78, 5) is 0. The second kappa shape index (κ2) is 11.8. The van der Waals surface area contributed by atoms with Gasteiger partial charge in [-0.25, -0.2) is 0 Å². The molecule has 0 atom stereocenters. The van der Waals surface area contributed by atoms with Gasteiger partial charge in [-0.3, -0.25) is 0 Å². The molecule has 3 N–H and O–H groups in total. The van der Waals surface area contributed by atoms with Gasteiger partial charge in [-0.05, 0) is 31.0 Å². The van der Waals surface area contributed by atoms with Crippen LogP contribution < -0.4 is 0 Å². The average Bonchev–Trinajstić information content (AvgIpc) is 3.14. The molecule has 3 rings (SSSR count). The number of hydrogen-bond donors (Lipinski definition) is 1. The van der Waals surface area contributed by atoms with Crippen molar-refractivity contribution in [1.29, 1.82) is 0 Å². The molecule has 126 valence electrons. The summed E-state index contributed by atoms with van der Waals surface area (Å²) >= 11 is 13.7. The summed E-state index contributed by atoms with van der Waals surface area (Å²) in [6.45, 7) is 0. The van der Waals surface area contributed by atoms with E-state index < -0.39 is 0 Å². The summed E-state index contributed by atoms with van der Waals surface area (Å²) in [6.07, 6.45) is 5.04. The SMILES string of the molecule is CO.Clc1ccc(-c2nnc(SC3CCCC3)o2)c(Cl)c1.O.[U]. The second-order valence-electron chi connectivity index (χ2n) is 4.52. The quantitative estimate of drug-likeness (QED) is 0.576. The Morgan fingerprint density at radius 2 is 1.83 bits per heavy atom. The third kappa shape index (κ3) is 6.58. The molecule has 0 amide bonds. The smallest absolute Gasteiger partial charge is 0.277 e. The first kappa shape index (κ1) is 23.3. The van der Waals surface area contributed by atoms with Crippen LogP contribution in [0.15, 0.2) is 27.8 Å². The molecule has 0 unspecified atom stereocenters. The van der Waals surface area contributed by atoms with Gasteiger partial charge in [0.2, 0.25) is 5.89 Å². The Labute approximate surface area is 173 Å². The van der Waals surface area contributed by atoms with Gasteiger partial charge >= 0.3 is 0 Å². The van der Waals surface area contributed by atoms with Crippen molar-refractivity contribution in [2.45, 2.75) is 36.2 Å². The number of hydrogen-bond acceptors (Lipinski definition) is 5. The predicted octanol–water partition coefficient (Wildman–Crippen LogP) is 3.86. The number of aliphatic hydroxyl groups is 1. The van der Waals surface area contributed by atoms with Crippen LogP contribution in [0.5, 0.6) is 0 Å². The Kier molecular flexibility index (Phi) is 11.9. The number of nitrogens with zero attached hydrogens (tertiary/aromatic N) is 2. The van der Waals surface area contributed by atoms with E-state index in [2.05, 4.69) is 10.2 Å². The van der Waals surface area contributed by atoms with E-state index in [1.807, 2.05) is 0 Å². The summed E-state index contributed by atoms with van der Waals surface area (Å²) in [7, 11) is 1.00. The molecule has 1 fully saturated rings. The molecule has 2 aromatic rings. The van der Waals surface area contributed by atoms with Gasteiger partial charge < -0.3 is 15.0 Å². The van der Waals surface area contributed by atoms with Crippen molar-refractivity contribution in [3.05, 3.63) is 28.2 Å². The number of rotatable bonds is 3. The largest absolute Gasteiger partial charge is 0.412 e. The summed E-state index contributed by atoms with van der Waals surface area (Å²) in [5, 5.41) is 17.5. The number of aliphatic hydroxyl groups excluding tert-OH is 1. The molecule has 9 heteroatoms. The van der Waals surface area contributed by atoms with Crippen LogP contribution in [-0.4, -0.2) is 33.1 Å². The molecular formula is C14H18Cl2N2O3SU. The molecule has 0 aliphatic heterocycles. The molecular weight excluding hydrogens is 585 g/mol. The number of aromatic nitrogens is 2. The van der Waals surface area contributed by atoms with Gasteiger partial charge in [-0.2, -0.15) is 0 Å². The van der Waals surface area contributed by atoms with Gasteiger partial charge in [0.15, 0.2) is 0 Å². The van der Waals surface area contributed by atoms with Gasteiger partial charge in [0.05, 0.1) is 10.6 Å². The van der Waals surface area contributed by atoms with Gasteiger partial charge in [0, 0.05) is 48.5 Å². The molecule has 1 heterocycles. The minimum Gasteiger partial charge on any atom is -0.412 e. The van der Waals surface area contributed by atoms with Crippen molar-refractivity contribution in [3.8, 4) is 11.5 Å². The maximum atomic E-state index is 7.00. The summed E-state index contributed by atoms with van der Waals surface area (Å²) in [5.74, 6) is 0.446. The van der Waals surface area contributed by atoms with Crippen LogP contribution in [0.1, 0.15) is 25.7 Å². The summed E-state index contributed by atoms with van der Waals surface area (Å²) in [5.41, 5.74) is 0.719. The Bertz CT molecular complexity index is 595. The normalized spacial score (nSPS) is 13.6. The van der Waals surface area contributed by atoms with Crippen LogP contribution in [0.25, 0.3) is 11.5 Å². The molecule has 1 aromatic heterocycles. The number of halogens is 2. The van der Waals surface area contributed by atoms with Crippen molar-refractivity contribution < 1.29 is 46.1 Å². The Balaban J connectivity index is 0.00000117. The van der Waals surface area contributed by atoms with Crippen molar-refractivity contribution >= 4 is 35.0 Å². The Morgan fingerprint density at radius 3 is 2.43 bits per heavy atom. The third-order valence-corrected chi connectivity index (χ3v) is 4.86. The monoisotopic (exact) mass is 602 g/mol. The van der Waals surface area contributed by atoms with Crippen molar-refractivity contribution in [3.63, 3.8) is 0 Å². The Hall–Kier alpha value is 0.262. The molecule has 0 radical (unpaired) electrons. The molecule has 5 nitrogen and oxygen atoms in total. The van der Waals surface area contributed by atoms with Gasteiger partial charge in [-0.15, -0.1) is 10.2 Å². The topological polar surface area (TPSA) is 90.7 Å². The van der Waals surface area contributed by atoms with Crippen molar-refractivity contribution in [1.82, 2.24) is 10.2 Å². The number of benzene rings is 1. The first-order valence-electron chi connectivity index (χ1n) is 6.62. The van der Waals surface area contributed by atoms with Crippen LogP contribution in [0.4, 0.5) is 0 Å². The van der Waals surface area contributed by atoms with E-state index in [4.69, 9.17) is 32.7 Å². The van der Waals surface area contributed by atoms with Crippen molar-refractivity contribution in [2.75, 3.05) is 7.11 Å². The minimum atomic E-state index is 0. The first-order valence-corrected chi connectivity index (χ1v) is 8.26. The van der Waals surface area contributed by atoms with Crippen LogP contribution >= 0.6 is 35.0 Å². The molecule has 0 bridgehead atoms. The van der Waals surface area contributed by atoms with Gasteiger partial charge in [0.25, 0.3) is 5.22 Å². The summed E-state index contributed by atoms with van der Waals surface area (Å²) < 4.78 is 5.67. The third-order valence-electron chi connectivity index (χ3n) is 3.14. The molecule has 1 aliphatic rings. The van der Waals surface area contributed by atoms with Crippen LogP contribution in [0.2, 0.25) is 10.0 Å². The molecule has 0 spiro atoms. The second-order valence-corrected chi connectivity index (χ2v) is 6.62. The molecule has 1 saturated carbocycles. The average molecular weight is 603 g/mol. The zero-order chi connectivity index (χ0) is 15.2. The van der Waals surface area contributed by atoms with Gasteiger partial charge in [0.1, 0.15) is 0 Å². The van der Waals surface area contributed by atoms with Crippen molar-refractivity contribution in [2.24, 2.45) is 0 Å². The fourth-order valence-corrected chi connectivity index (χ4v) is 3.74. The van der Waals surface area contributed by atoms with E-state index in [0.29, 0.717) is 26.4 Å². The molecule has 23 heavy (non-hydrogen) atoms.